The predicted octanol–water partition coefficient (Wildman–Crippen LogP) is 2.24. The van der Waals surface area contributed by atoms with Crippen molar-refractivity contribution < 1.29 is 19.8 Å². The van der Waals surface area contributed by atoms with Crippen LogP contribution in [0.2, 0.25) is 0 Å². The van der Waals surface area contributed by atoms with Crippen LogP contribution in [0, 0.1) is 6.92 Å². The molecule has 2 rings (SSSR count). The Morgan fingerprint density at radius 3 is 2.52 bits per heavy atom. The predicted molar refractivity (Wildman–Crippen MR) is 78.6 cm³/mol. The quantitative estimate of drug-likeness (QED) is 0.794. The van der Waals surface area contributed by atoms with Crippen LogP contribution in [0.4, 0.5) is 10.5 Å². The first-order valence-electron chi connectivity index (χ1n) is 7.02. The van der Waals surface area contributed by atoms with Gasteiger partial charge in [-0.2, -0.15) is 0 Å². The summed E-state index contributed by atoms with van der Waals surface area (Å²) in [7, 11) is 0. The number of rotatable bonds is 4. The zero-order valence-corrected chi connectivity index (χ0v) is 12.2. The minimum Gasteiger partial charge on any atom is -0.508 e. The third-order valence-corrected chi connectivity index (χ3v) is 4.01. The van der Waals surface area contributed by atoms with Crippen LogP contribution in [0.15, 0.2) is 18.2 Å². The first kappa shape index (κ1) is 15.2. The summed E-state index contributed by atoms with van der Waals surface area (Å²) in [6.07, 6.45) is 1.69. The summed E-state index contributed by atoms with van der Waals surface area (Å²) in [4.78, 5) is 25.2. The molecule has 0 aliphatic heterocycles. The fourth-order valence-corrected chi connectivity index (χ4v) is 2.51. The van der Waals surface area contributed by atoms with E-state index in [9.17, 15) is 19.8 Å². The van der Waals surface area contributed by atoms with Crippen LogP contribution in [0.3, 0.4) is 0 Å². The zero-order chi connectivity index (χ0) is 15.6. The first-order valence-corrected chi connectivity index (χ1v) is 7.02. The smallest absolute Gasteiger partial charge is 0.329 e. The van der Waals surface area contributed by atoms with Gasteiger partial charge in [0.15, 0.2) is 0 Å². The maximum atomic E-state index is 12.4. The van der Waals surface area contributed by atoms with Gasteiger partial charge in [-0.05, 0) is 44.7 Å². The number of anilines is 1. The number of nitrogens with one attached hydrogen (secondary N) is 1. The minimum atomic E-state index is -1.14. The van der Waals surface area contributed by atoms with E-state index in [1.54, 1.807) is 19.1 Å². The molecule has 21 heavy (non-hydrogen) atoms. The number of benzene rings is 1. The average molecular weight is 292 g/mol. The van der Waals surface area contributed by atoms with Gasteiger partial charge in [0, 0.05) is 12.6 Å². The number of carboxylic acids is 1. The molecule has 0 saturated heterocycles. The molecule has 0 bridgehead atoms. The molecule has 0 spiro atoms. The Hall–Kier alpha value is -2.24. The van der Waals surface area contributed by atoms with Crippen LogP contribution >= 0.6 is 0 Å². The van der Waals surface area contributed by atoms with Crippen LogP contribution < -0.4 is 10.2 Å². The first-order chi connectivity index (χ1) is 9.89. The summed E-state index contributed by atoms with van der Waals surface area (Å²) in [5.41, 5.74) is 0.271. The van der Waals surface area contributed by atoms with Gasteiger partial charge in [-0.1, -0.05) is 6.07 Å². The number of carbonyl (C=O) groups excluding carboxylic acids is 1. The Morgan fingerprint density at radius 1 is 1.38 bits per heavy atom. The summed E-state index contributed by atoms with van der Waals surface area (Å²) < 4.78 is 0. The molecule has 0 atom stereocenters. The average Bonchev–Trinajstić information content (AvgIpc) is 2.38. The van der Waals surface area contributed by atoms with Crippen molar-refractivity contribution in [1.29, 1.82) is 0 Å². The molecule has 0 heterocycles. The van der Waals surface area contributed by atoms with Crippen LogP contribution in [-0.2, 0) is 4.79 Å². The SMILES string of the molecule is CCN(C(=O)NC1(C(=O)O)CCC1)c1cc(O)ccc1C. The van der Waals surface area contributed by atoms with Crippen molar-refractivity contribution in [2.75, 3.05) is 11.4 Å². The Labute approximate surface area is 123 Å². The van der Waals surface area contributed by atoms with Crippen molar-refractivity contribution in [2.45, 2.75) is 38.6 Å². The third-order valence-electron chi connectivity index (χ3n) is 4.01. The molecule has 2 amide bonds. The van der Waals surface area contributed by atoms with E-state index in [-0.39, 0.29) is 5.75 Å². The van der Waals surface area contributed by atoms with Gasteiger partial charge in [0.05, 0.1) is 5.69 Å². The number of hydrogen-bond donors (Lipinski definition) is 3. The highest BCUT2D eigenvalue weighted by molar-refractivity contribution is 5.96. The van der Waals surface area contributed by atoms with E-state index in [0.29, 0.717) is 25.1 Å². The number of aliphatic carboxylic acids is 1. The van der Waals surface area contributed by atoms with E-state index >= 15 is 0 Å². The van der Waals surface area contributed by atoms with E-state index in [4.69, 9.17) is 0 Å². The van der Waals surface area contributed by atoms with Crippen molar-refractivity contribution in [2.24, 2.45) is 0 Å². The lowest BCUT2D eigenvalue weighted by Crippen LogP contribution is -2.61. The van der Waals surface area contributed by atoms with Crippen LogP contribution in [0.5, 0.6) is 5.75 Å². The van der Waals surface area contributed by atoms with Gasteiger partial charge >= 0.3 is 12.0 Å². The number of phenolic OH excluding ortho intramolecular Hbond substituents is 1. The lowest BCUT2D eigenvalue weighted by atomic mass is 9.77. The zero-order valence-electron chi connectivity index (χ0n) is 12.2. The molecule has 0 aromatic heterocycles. The van der Waals surface area contributed by atoms with Crippen LogP contribution in [0.25, 0.3) is 0 Å². The number of amides is 2. The van der Waals surface area contributed by atoms with Crippen molar-refractivity contribution in [3.05, 3.63) is 23.8 Å². The van der Waals surface area contributed by atoms with Gasteiger partial charge in [-0.3, -0.25) is 4.90 Å². The van der Waals surface area contributed by atoms with E-state index in [0.717, 1.165) is 12.0 Å². The maximum absolute atomic E-state index is 12.4. The second-order valence-electron chi connectivity index (χ2n) is 5.39. The van der Waals surface area contributed by atoms with Crippen molar-refractivity contribution in [3.8, 4) is 5.75 Å². The summed E-state index contributed by atoms with van der Waals surface area (Å²) in [5.74, 6) is -0.927. The molecule has 6 nitrogen and oxygen atoms in total. The van der Waals surface area contributed by atoms with Gasteiger partial charge < -0.3 is 15.5 Å². The molecule has 1 aromatic carbocycles. The molecule has 114 valence electrons. The number of phenols is 1. The highest BCUT2D eigenvalue weighted by Gasteiger charge is 2.46. The number of carboxylic acid groups (broad SMARTS) is 1. The summed E-state index contributed by atoms with van der Waals surface area (Å²) in [5, 5.41) is 21.5. The van der Waals surface area contributed by atoms with Gasteiger partial charge in [0.2, 0.25) is 0 Å². The molecule has 1 aliphatic carbocycles. The Morgan fingerprint density at radius 2 is 2.05 bits per heavy atom. The lowest BCUT2D eigenvalue weighted by molar-refractivity contribution is -0.148. The molecule has 0 unspecified atom stereocenters. The monoisotopic (exact) mass is 292 g/mol. The number of carbonyl (C=O) groups is 2. The molecular weight excluding hydrogens is 272 g/mol. The van der Waals surface area contributed by atoms with Crippen molar-refractivity contribution in [3.63, 3.8) is 0 Å². The minimum absolute atomic E-state index is 0.0680. The Bertz CT molecular complexity index is 567. The second-order valence-corrected chi connectivity index (χ2v) is 5.39. The molecule has 6 heteroatoms. The molecular formula is C15H20N2O4. The van der Waals surface area contributed by atoms with Gasteiger partial charge in [0.25, 0.3) is 0 Å². The van der Waals surface area contributed by atoms with Gasteiger partial charge in [-0.25, -0.2) is 9.59 Å². The van der Waals surface area contributed by atoms with Crippen molar-refractivity contribution in [1.82, 2.24) is 5.32 Å². The third kappa shape index (κ3) is 2.79. The van der Waals surface area contributed by atoms with Crippen molar-refractivity contribution >= 4 is 17.7 Å². The van der Waals surface area contributed by atoms with E-state index < -0.39 is 17.5 Å². The maximum Gasteiger partial charge on any atom is 0.329 e. The Balaban J connectivity index is 2.23. The standard InChI is InChI=1S/C15H20N2O4/c1-3-17(12-9-11(18)6-5-10(12)2)14(21)16-15(13(19)20)7-4-8-15/h5-6,9,18H,3-4,7-8H2,1-2H3,(H,16,21)(H,19,20). The number of aromatic hydroxyl groups is 1. The lowest BCUT2D eigenvalue weighted by Gasteiger charge is -2.39. The Kier molecular flexibility index (Phi) is 4.06. The van der Waals surface area contributed by atoms with Crippen LogP contribution in [-0.4, -0.2) is 34.3 Å². The largest absolute Gasteiger partial charge is 0.508 e. The number of nitrogens with zero attached hydrogens (tertiary/aromatic N) is 1. The number of hydrogen-bond acceptors (Lipinski definition) is 3. The second kappa shape index (κ2) is 5.63. The highest BCUT2D eigenvalue weighted by Crippen LogP contribution is 2.33. The fraction of sp³-hybridized carbons (Fsp3) is 0.467. The van der Waals surface area contributed by atoms with Crippen LogP contribution in [0.1, 0.15) is 31.7 Å². The molecule has 1 aromatic rings. The van der Waals surface area contributed by atoms with E-state index in [1.165, 1.54) is 11.0 Å². The van der Waals surface area contributed by atoms with Gasteiger partial charge in [-0.15, -0.1) is 0 Å². The van der Waals surface area contributed by atoms with Gasteiger partial charge in [0.1, 0.15) is 11.3 Å². The molecule has 1 fully saturated rings. The fourth-order valence-electron chi connectivity index (χ4n) is 2.51. The van der Waals surface area contributed by atoms with E-state index in [2.05, 4.69) is 5.32 Å². The summed E-state index contributed by atoms with van der Waals surface area (Å²) >= 11 is 0. The summed E-state index contributed by atoms with van der Waals surface area (Å²) in [6.45, 7) is 4.02. The molecule has 0 radical (unpaired) electrons. The van der Waals surface area contributed by atoms with E-state index in [1.807, 2.05) is 6.92 Å². The molecule has 3 N–H and O–H groups in total. The summed E-state index contributed by atoms with van der Waals surface area (Å²) in [6, 6.07) is 4.33. The highest BCUT2D eigenvalue weighted by atomic mass is 16.4. The number of urea groups is 1. The molecule has 1 aliphatic rings. The molecule has 1 saturated carbocycles. The topological polar surface area (TPSA) is 89.9 Å². The normalized spacial score (nSPS) is 15.9. The number of aryl methyl sites for hydroxylation is 1.